The van der Waals surface area contributed by atoms with Crippen LogP contribution in [0.5, 0.6) is 5.75 Å². The van der Waals surface area contributed by atoms with Crippen molar-refractivity contribution in [1.29, 1.82) is 0 Å². The number of nitrogens with one attached hydrogen (secondary N) is 1. The molecule has 0 aliphatic carbocycles. The molecule has 0 radical (unpaired) electrons. The molecule has 1 fully saturated rings. The fourth-order valence-corrected chi connectivity index (χ4v) is 3.66. The van der Waals surface area contributed by atoms with Gasteiger partial charge >= 0.3 is 5.97 Å². The summed E-state index contributed by atoms with van der Waals surface area (Å²) in [5.41, 5.74) is 1.24. The molecule has 9 heteroatoms. The molecule has 1 saturated heterocycles. The van der Waals surface area contributed by atoms with Gasteiger partial charge < -0.3 is 15.5 Å². The average molecular weight is 400 g/mol. The highest BCUT2D eigenvalue weighted by molar-refractivity contribution is 8.15. The highest BCUT2D eigenvalue weighted by Gasteiger charge is 2.41. The number of carboxylic acid groups (broad SMARTS) is 1. The Balaban J connectivity index is 1.69. The normalized spacial score (nSPS) is 16.3. The molecule has 3 rings (SSSR count). The molecule has 0 aromatic heterocycles. The van der Waals surface area contributed by atoms with E-state index in [2.05, 4.69) is 5.32 Å². The molecule has 1 aliphatic heterocycles. The standard InChI is InChI=1S/C19H16N2O6S/c1-10-2-5-12(6-3-10)21-17(24)15(28-19(21)27)9-16(23)20-11-4-7-14(22)13(8-11)18(25)26/h2-8,15,22H,9H2,1H3,(H,20,23)(H,25,26). The van der Waals surface area contributed by atoms with Crippen LogP contribution in [0.2, 0.25) is 0 Å². The smallest absolute Gasteiger partial charge is 0.339 e. The Labute approximate surface area is 164 Å². The van der Waals surface area contributed by atoms with Gasteiger partial charge in [-0.3, -0.25) is 14.4 Å². The van der Waals surface area contributed by atoms with Crippen molar-refractivity contribution >= 4 is 46.2 Å². The summed E-state index contributed by atoms with van der Waals surface area (Å²) in [6.45, 7) is 1.89. The van der Waals surface area contributed by atoms with E-state index in [0.717, 1.165) is 34.4 Å². The highest BCUT2D eigenvalue weighted by Crippen LogP contribution is 2.33. The number of hydrogen-bond acceptors (Lipinski definition) is 6. The molecule has 0 bridgehead atoms. The molecule has 0 saturated carbocycles. The van der Waals surface area contributed by atoms with Crippen LogP contribution in [0, 0.1) is 6.92 Å². The quantitative estimate of drug-likeness (QED) is 0.659. The molecule has 2 aromatic carbocycles. The molecule has 0 spiro atoms. The number of thioether (sulfide) groups is 1. The van der Waals surface area contributed by atoms with Gasteiger partial charge in [-0.05, 0) is 49.0 Å². The van der Waals surface area contributed by atoms with Crippen LogP contribution in [-0.2, 0) is 9.59 Å². The van der Waals surface area contributed by atoms with Crippen molar-refractivity contribution in [3.8, 4) is 5.75 Å². The summed E-state index contributed by atoms with van der Waals surface area (Å²) >= 11 is 0.773. The number of carboxylic acids is 1. The number of hydrogen-bond donors (Lipinski definition) is 3. The van der Waals surface area contributed by atoms with Gasteiger partial charge in [-0.15, -0.1) is 0 Å². The molecular weight excluding hydrogens is 384 g/mol. The Morgan fingerprint density at radius 3 is 2.46 bits per heavy atom. The number of amides is 3. The van der Waals surface area contributed by atoms with Crippen LogP contribution in [0.1, 0.15) is 22.3 Å². The third-order valence-electron chi connectivity index (χ3n) is 4.10. The van der Waals surface area contributed by atoms with Crippen molar-refractivity contribution < 1.29 is 29.4 Å². The topological polar surface area (TPSA) is 124 Å². The highest BCUT2D eigenvalue weighted by atomic mass is 32.2. The van der Waals surface area contributed by atoms with Crippen LogP contribution in [0.15, 0.2) is 42.5 Å². The van der Waals surface area contributed by atoms with E-state index in [1.807, 2.05) is 6.92 Å². The van der Waals surface area contributed by atoms with E-state index >= 15 is 0 Å². The van der Waals surface area contributed by atoms with Crippen LogP contribution < -0.4 is 10.2 Å². The first-order valence-corrected chi connectivity index (χ1v) is 9.11. The first-order valence-electron chi connectivity index (χ1n) is 8.23. The predicted molar refractivity (Wildman–Crippen MR) is 104 cm³/mol. The molecule has 3 N–H and O–H groups in total. The molecule has 144 valence electrons. The van der Waals surface area contributed by atoms with Gasteiger partial charge in [0.1, 0.15) is 16.6 Å². The maximum atomic E-state index is 12.6. The Morgan fingerprint density at radius 2 is 1.82 bits per heavy atom. The summed E-state index contributed by atoms with van der Waals surface area (Å²) in [6, 6.07) is 10.5. The van der Waals surface area contributed by atoms with E-state index in [-0.39, 0.29) is 17.7 Å². The SMILES string of the molecule is Cc1ccc(N2C(=O)SC(CC(=O)Nc3ccc(O)c(C(=O)O)c3)C2=O)cc1. The van der Waals surface area contributed by atoms with E-state index < -0.39 is 34.0 Å². The van der Waals surface area contributed by atoms with Crippen molar-refractivity contribution in [1.82, 2.24) is 0 Å². The van der Waals surface area contributed by atoms with Gasteiger partial charge in [0, 0.05) is 12.1 Å². The Hall–Kier alpha value is -3.33. The van der Waals surface area contributed by atoms with Crippen LogP contribution >= 0.6 is 11.8 Å². The number of phenols is 1. The molecule has 1 aliphatic rings. The van der Waals surface area contributed by atoms with Gasteiger partial charge in [-0.1, -0.05) is 17.7 Å². The molecule has 1 unspecified atom stereocenters. The predicted octanol–water partition coefficient (Wildman–Crippen LogP) is 3.00. The summed E-state index contributed by atoms with van der Waals surface area (Å²) in [4.78, 5) is 49.1. The van der Waals surface area contributed by atoms with Crippen LogP contribution in [-0.4, -0.2) is 38.5 Å². The Bertz CT molecular complexity index is 973. The zero-order valence-corrected chi connectivity index (χ0v) is 15.5. The zero-order chi connectivity index (χ0) is 20.4. The minimum atomic E-state index is -1.34. The molecule has 8 nitrogen and oxygen atoms in total. The lowest BCUT2D eigenvalue weighted by Crippen LogP contribution is -2.32. The van der Waals surface area contributed by atoms with E-state index in [9.17, 15) is 24.3 Å². The lowest BCUT2D eigenvalue weighted by molar-refractivity contribution is -0.121. The van der Waals surface area contributed by atoms with Crippen LogP contribution in [0.4, 0.5) is 16.2 Å². The molecule has 2 aromatic rings. The number of carbonyl (C=O) groups excluding carboxylic acids is 3. The summed E-state index contributed by atoms with van der Waals surface area (Å²) in [6.07, 6.45) is -0.249. The van der Waals surface area contributed by atoms with Crippen molar-refractivity contribution in [2.24, 2.45) is 0 Å². The molecule has 1 atom stereocenters. The second-order valence-electron chi connectivity index (χ2n) is 6.17. The number of rotatable bonds is 5. The van der Waals surface area contributed by atoms with Gasteiger partial charge in [0.25, 0.3) is 5.24 Å². The maximum Gasteiger partial charge on any atom is 0.339 e. The third-order valence-corrected chi connectivity index (χ3v) is 5.13. The maximum absolute atomic E-state index is 12.6. The molecule has 3 amide bonds. The minimum Gasteiger partial charge on any atom is -0.507 e. The average Bonchev–Trinajstić information content (AvgIpc) is 2.91. The van der Waals surface area contributed by atoms with Crippen molar-refractivity contribution in [3.63, 3.8) is 0 Å². The van der Waals surface area contributed by atoms with Crippen molar-refractivity contribution in [2.45, 2.75) is 18.6 Å². The van der Waals surface area contributed by atoms with E-state index in [1.54, 1.807) is 24.3 Å². The Kier molecular flexibility index (Phi) is 5.36. The summed E-state index contributed by atoms with van der Waals surface area (Å²) in [5, 5.41) is 19.7. The number of nitrogens with zero attached hydrogens (tertiary/aromatic N) is 1. The van der Waals surface area contributed by atoms with Crippen LogP contribution in [0.25, 0.3) is 0 Å². The zero-order valence-electron chi connectivity index (χ0n) is 14.7. The number of aryl methyl sites for hydroxylation is 1. The van der Waals surface area contributed by atoms with Crippen LogP contribution in [0.3, 0.4) is 0 Å². The van der Waals surface area contributed by atoms with Gasteiger partial charge in [0.2, 0.25) is 11.8 Å². The third kappa shape index (κ3) is 3.99. The lowest BCUT2D eigenvalue weighted by Gasteiger charge is -2.14. The fraction of sp³-hybridized carbons (Fsp3) is 0.158. The van der Waals surface area contributed by atoms with Gasteiger partial charge in [-0.2, -0.15) is 0 Å². The summed E-state index contributed by atoms with van der Waals surface area (Å²) in [7, 11) is 0. The number of aromatic hydroxyl groups is 1. The van der Waals surface area contributed by atoms with Gasteiger partial charge in [0.15, 0.2) is 0 Å². The number of imide groups is 1. The van der Waals surface area contributed by atoms with Crippen molar-refractivity contribution in [3.05, 3.63) is 53.6 Å². The largest absolute Gasteiger partial charge is 0.507 e. The molecule has 1 heterocycles. The second kappa shape index (κ2) is 7.73. The summed E-state index contributed by atoms with van der Waals surface area (Å²) < 4.78 is 0. The van der Waals surface area contributed by atoms with Gasteiger partial charge in [0.05, 0.1) is 5.69 Å². The van der Waals surface area contributed by atoms with Crippen molar-refractivity contribution in [2.75, 3.05) is 10.2 Å². The fourth-order valence-electron chi connectivity index (χ4n) is 2.68. The number of benzene rings is 2. The second-order valence-corrected chi connectivity index (χ2v) is 7.32. The number of anilines is 2. The number of aromatic carboxylic acids is 1. The Morgan fingerprint density at radius 1 is 1.14 bits per heavy atom. The minimum absolute atomic E-state index is 0.164. The number of carbonyl (C=O) groups is 4. The monoisotopic (exact) mass is 400 g/mol. The van der Waals surface area contributed by atoms with Gasteiger partial charge in [-0.25, -0.2) is 9.69 Å². The first-order chi connectivity index (χ1) is 13.3. The molecule has 28 heavy (non-hydrogen) atoms. The van der Waals surface area contributed by atoms with E-state index in [0.29, 0.717) is 5.69 Å². The molecular formula is C19H16N2O6S. The first kappa shape index (κ1) is 19.4. The lowest BCUT2D eigenvalue weighted by atomic mass is 10.1. The summed E-state index contributed by atoms with van der Waals surface area (Å²) in [5.74, 6) is -2.79. The van der Waals surface area contributed by atoms with E-state index in [1.165, 1.54) is 6.07 Å². The van der Waals surface area contributed by atoms with E-state index in [4.69, 9.17) is 5.11 Å².